The molecule has 1 saturated carbocycles. The SMILES string of the molecule is CCN(CC)S(=O)(=O)c1ccc(C(=O)NCc2nnnn2C2CCCCC2)cc1. The smallest absolute Gasteiger partial charge is 0.251 e. The predicted octanol–water partition coefficient (Wildman–Crippen LogP) is 2.14. The van der Waals surface area contributed by atoms with Crippen molar-refractivity contribution < 1.29 is 13.2 Å². The Bertz CT molecular complexity index is 916. The number of tetrazole rings is 1. The largest absolute Gasteiger partial charge is 0.345 e. The van der Waals surface area contributed by atoms with Gasteiger partial charge in [0.15, 0.2) is 5.82 Å². The second-order valence-electron chi connectivity index (χ2n) is 7.13. The quantitative estimate of drug-likeness (QED) is 0.701. The first-order valence-electron chi connectivity index (χ1n) is 10.1. The number of nitrogens with one attached hydrogen (secondary N) is 1. The summed E-state index contributed by atoms with van der Waals surface area (Å²) in [6.07, 6.45) is 5.67. The second-order valence-corrected chi connectivity index (χ2v) is 9.07. The van der Waals surface area contributed by atoms with E-state index in [-0.39, 0.29) is 23.4 Å². The standard InChI is InChI=1S/C19H28N6O3S/c1-3-24(4-2)29(27,28)17-12-10-15(11-13-17)19(26)20-14-18-21-22-23-25(18)16-8-6-5-7-9-16/h10-13,16H,3-9,14H2,1-2H3,(H,20,26). The topological polar surface area (TPSA) is 110 Å². The Kier molecular flexibility index (Phi) is 6.96. The lowest BCUT2D eigenvalue weighted by molar-refractivity contribution is 0.0948. The zero-order valence-electron chi connectivity index (χ0n) is 16.9. The molecule has 29 heavy (non-hydrogen) atoms. The third-order valence-electron chi connectivity index (χ3n) is 5.35. The molecule has 0 spiro atoms. The fourth-order valence-electron chi connectivity index (χ4n) is 3.69. The van der Waals surface area contributed by atoms with Gasteiger partial charge in [-0.2, -0.15) is 4.31 Å². The van der Waals surface area contributed by atoms with Crippen LogP contribution in [0, 0.1) is 0 Å². The Morgan fingerprint density at radius 3 is 2.41 bits per heavy atom. The first-order chi connectivity index (χ1) is 14.0. The van der Waals surface area contributed by atoms with Crippen molar-refractivity contribution in [3.63, 3.8) is 0 Å². The van der Waals surface area contributed by atoms with E-state index in [1.54, 1.807) is 13.8 Å². The molecule has 9 nitrogen and oxygen atoms in total. The summed E-state index contributed by atoms with van der Waals surface area (Å²) in [4.78, 5) is 12.7. The fraction of sp³-hybridized carbons (Fsp3) is 0.579. The normalized spacial score (nSPS) is 15.6. The number of aromatic nitrogens is 4. The summed E-state index contributed by atoms with van der Waals surface area (Å²) in [7, 11) is -3.54. The van der Waals surface area contributed by atoms with Gasteiger partial charge in [0.25, 0.3) is 5.91 Å². The summed E-state index contributed by atoms with van der Waals surface area (Å²) in [6, 6.07) is 6.27. The molecule has 0 radical (unpaired) electrons. The molecule has 0 bridgehead atoms. The highest BCUT2D eigenvalue weighted by atomic mass is 32.2. The number of carbonyl (C=O) groups is 1. The third kappa shape index (κ3) is 4.81. The van der Waals surface area contributed by atoms with E-state index in [0.29, 0.717) is 24.5 Å². The van der Waals surface area contributed by atoms with Gasteiger partial charge in [0, 0.05) is 18.7 Å². The molecule has 1 N–H and O–H groups in total. The van der Waals surface area contributed by atoms with Crippen LogP contribution in [0.4, 0.5) is 0 Å². The van der Waals surface area contributed by atoms with Gasteiger partial charge in [0.05, 0.1) is 17.5 Å². The van der Waals surface area contributed by atoms with Crippen molar-refractivity contribution >= 4 is 15.9 Å². The average Bonchev–Trinajstić information content (AvgIpc) is 3.22. The molecular weight excluding hydrogens is 392 g/mol. The van der Waals surface area contributed by atoms with Gasteiger partial charge < -0.3 is 5.32 Å². The van der Waals surface area contributed by atoms with Crippen molar-refractivity contribution in [1.82, 2.24) is 29.8 Å². The van der Waals surface area contributed by atoms with Crippen molar-refractivity contribution in [3.05, 3.63) is 35.7 Å². The minimum absolute atomic E-state index is 0.180. The molecule has 0 atom stereocenters. The van der Waals surface area contributed by atoms with Crippen molar-refractivity contribution in [2.24, 2.45) is 0 Å². The van der Waals surface area contributed by atoms with E-state index in [1.807, 2.05) is 4.68 Å². The highest BCUT2D eigenvalue weighted by molar-refractivity contribution is 7.89. The zero-order valence-corrected chi connectivity index (χ0v) is 17.7. The monoisotopic (exact) mass is 420 g/mol. The van der Waals surface area contributed by atoms with Gasteiger partial charge in [0.1, 0.15) is 0 Å². The first-order valence-corrected chi connectivity index (χ1v) is 11.6. The summed E-state index contributed by atoms with van der Waals surface area (Å²) in [6.45, 7) is 4.61. The Morgan fingerprint density at radius 1 is 1.14 bits per heavy atom. The van der Waals surface area contributed by atoms with E-state index in [4.69, 9.17) is 0 Å². The van der Waals surface area contributed by atoms with Crippen molar-refractivity contribution in [1.29, 1.82) is 0 Å². The minimum atomic E-state index is -3.54. The molecular formula is C19H28N6O3S. The van der Waals surface area contributed by atoms with Gasteiger partial charge in [-0.1, -0.05) is 33.1 Å². The molecule has 0 saturated heterocycles. The van der Waals surface area contributed by atoms with Crippen LogP contribution in [0.15, 0.2) is 29.2 Å². The van der Waals surface area contributed by atoms with Gasteiger partial charge in [-0.15, -0.1) is 5.10 Å². The van der Waals surface area contributed by atoms with Crippen LogP contribution in [0.3, 0.4) is 0 Å². The number of amides is 1. The van der Waals surface area contributed by atoms with E-state index >= 15 is 0 Å². The minimum Gasteiger partial charge on any atom is -0.345 e. The predicted molar refractivity (Wildman–Crippen MR) is 108 cm³/mol. The summed E-state index contributed by atoms with van der Waals surface area (Å²) >= 11 is 0. The van der Waals surface area contributed by atoms with Gasteiger partial charge >= 0.3 is 0 Å². The first kappa shape index (κ1) is 21.4. The number of sulfonamides is 1. The number of hydrogen-bond acceptors (Lipinski definition) is 6. The average molecular weight is 421 g/mol. The lowest BCUT2D eigenvalue weighted by Gasteiger charge is -2.22. The Labute approximate surface area is 171 Å². The molecule has 1 heterocycles. The van der Waals surface area contributed by atoms with Crippen LogP contribution < -0.4 is 5.32 Å². The summed E-state index contributed by atoms with van der Waals surface area (Å²) in [5, 5.41) is 14.7. The van der Waals surface area contributed by atoms with E-state index in [9.17, 15) is 13.2 Å². The fourth-order valence-corrected chi connectivity index (χ4v) is 5.15. The van der Waals surface area contributed by atoms with Crippen LogP contribution in [-0.2, 0) is 16.6 Å². The highest BCUT2D eigenvalue weighted by Crippen LogP contribution is 2.27. The number of carbonyl (C=O) groups excluding carboxylic acids is 1. The summed E-state index contributed by atoms with van der Waals surface area (Å²) < 4.78 is 28.3. The lowest BCUT2D eigenvalue weighted by Crippen LogP contribution is -2.30. The van der Waals surface area contributed by atoms with Crippen LogP contribution in [-0.4, -0.2) is 51.9 Å². The highest BCUT2D eigenvalue weighted by Gasteiger charge is 2.22. The molecule has 0 aliphatic heterocycles. The summed E-state index contributed by atoms with van der Waals surface area (Å²) in [5.41, 5.74) is 0.389. The van der Waals surface area contributed by atoms with Gasteiger partial charge in [0.2, 0.25) is 10.0 Å². The molecule has 1 aromatic heterocycles. The molecule has 0 unspecified atom stereocenters. The van der Waals surface area contributed by atoms with Crippen molar-refractivity contribution in [2.45, 2.75) is 63.4 Å². The maximum Gasteiger partial charge on any atom is 0.251 e. The van der Waals surface area contributed by atoms with Crippen molar-refractivity contribution in [2.75, 3.05) is 13.1 Å². The second kappa shape index (κ2) is 9.45. The van der Waals surface area contributed by atoms with E-state index < -0.39 is 10.0 Å². The number of hydrogen-bond donors (Lipinski definition) is 1. The third-order valence-corrected chi connectivity index (χ3v) is 7.41. The van der Waals surface area contributed by atoms with Gasteiger partial charge in [-0.05, 0) is 47.5 Å². The Morgan fingerprint density at radius 2 is 1.79 bits per heavy atom. The molecule has 1 amide bonds. The van der Waals surface area contributed by atoms with Crippen LogP contribution in [0.25, 0.3) is 0 Å². The molecule has 1 fully saturated rings. The maximum atomic E-state index is 12.5. The zero-order chi connectivity index (χ0) is 20.9. The van der Waals surface area contributed by atoms with E-state index in [2.05, 4.69) is 20.8 Å². The number of rotatable bonds is 8. The summed E-state index contributed by atoms with van der Waals surface area (Å²) in [5.74, 6) is 0.334. The van der Waals surface area contributed by atoms with E-state index in [1.165, 1.54) is 47.8 Å². The molecule has 1 aliphatic carbocycles. The number of nitrogens with zero attached hydrogens (tertiary/aromatic N) is 5. The van der Waals surface area contributed by atoms with Crippen molar-refractivity contribution in [3.8, 4) is 0 Å². The van der Waals surface area contributed by atoms with Crippen LogP contribution in [0.2, 0.25) is 0 Å². The molecule has 1 aromatic carbocycles. The number of benzene rings is 1. The molecule has 3 rings (SSSR count). The molecule has 1 aliphatic rings. The van der Waals surface area contributed by atoms with Crippen LogP contribution >= 0.6 is 0 Å². The molecule has 158 valence electrons. The van der Waals surface area contributed by atoms with Crippen LogP contribution in [0.1, 0.15) is 68.2 Å². The van der Waals surface area contributed by atoms with Gasteiger partial charge in [-0.25, -0.2) is 13.1 Å². The van der Waals surface area contributed by atoms with Crippen LogP contribution in [0.5, 0.6) is 0 Å². The molecule has 2 aromatic rings. The maximum absolute atomic E-state index is 12.5. The molecule has 10 heteroatoms. The Balaban J connectivity index is 1.64. The Hall–Kier alpha value is -2.33. The van der Waals surface area contributed by atoms with Gasteiger partial charge in [-0.3, -0.25) is 4.79 Å². The lowest BCUT2D eigenvalue weighted by atomic mass is 9.95. The van der Waals surface area contributed by atoms with E-state index in [0.717, 1.165) is 12.8 Å².